The zero-order valence-electron chi connectivity index (χ0n) is 12.0. The number of anilines is 1. The molecule has 0 bridgehead atoms. The topological polar surface area (TPSA) is 43.8 Å². The predicted octanol–water partition coefficient (Wildman–Crippen LogP) is 4.20. The van der Waals surface area contributed by atoms with E-state index < -0.39 is 11.7 Å². The third-order valence-electron chi connectivity index (χ3n) is 3.21. The van der Waals surface area contributed by atoms with E-state index in [1.165, 1.54) is 12.1 Å². The van der Waals surface area contributed by atoms with Crippen LogP contribution in [0.25, 0.3) is 11.3 Å². The second-order valence-corrected chi connectivity index (χ2v) is 5.45. The molecule has 0 aliphatic heterocycles. The second-order valence-electron chi connectivity index (χ2n) is 5.45. The molecular weight excluding hydrogens is 279 g/mol. The van der Waals surface area contributed by atoms with Crippen molar-refractivity contribution < 1.29 is 13.2 Å². The fraction of sp³-hybridized carbons (Fsp3) is 0.400. The van der Waals surface area contributed by atoms with E-state index in [1.54, 1.807) is 10.9 Å². The molecule has 0 fully saturated rings. The van der Waals surface area contributed by atoms with Gasteiger partial charge in [0.05, 0.1) is 11.3 Å². The van der Waals surface area contributed by atoms with E-state index in [-0.39, 0.29) is 0 Å². The average molecular weight is 297 g/mol. The summed E-state index contributed by atoms with van der Waals surface area (Å²) >= 11 is 0. The van der Waals surface area contributed by atoms with Crippen molar-refractivity contribution in [3.63, 3.8) is 0 Å². The lowest BCUT2D eigenvalue weighted by Crippen LogP contribution is -2.04. The minimum Gasteiger partial charge on any atom is -0.396 e. The highest BCUT2D eigenvalue weighted by Gasteiger charge is 2.30. The quantitative estimate of drug-likeness (QED) is 0.919. The van der Waals surface area contributed by atoms with E-state index in [9.17, 15) is 13.2 Å². The summed E-state index contributed by atoms with van der Waals surface area (Å²) in [6.45, 7) is 4.97. The monoisotopic (exact) mass is 297 g/mol. The van der Waals surface area contributed by atoms with Crippen molar-refractivity contribution in [2.75, 3.05) is 5.73 Å². The Morgan fingerprint density at radius 1 is 1.19 bits per heavy atom. The van der Waals surface area contributed by atoms with Crippen LogP contribution in [-0.4, -0.2) is 9.78 Å². The van der Waals surface area contributed by atoms with E-state index in [0.29, 0.717) is 22.9 Å². The van der Waals surface area contributed by atoms with Gasteiger partial charge in [-0.2, -0.15) is 18.3 Å². The molecule has 0 saturated heterocycles. The molecule has 0 aliphatic rings. The minimum absolute atomic E-state index is 0.471. The first-order valence-electron chi connectivity index (χ1n) is 6.78. The standard InChI is InChI=1S/C15H18F3N3/c1-10(2)7-8-21-9-13(19)14(20-21)11-3-5-12(6-4-11)15(16,17)18/h3-6,9-10H,7-8,19H2,1-2H3. The minimum atomic E-state index is -4.33. The number of alkyl halides is 3. The summed E-state index contributed by atoms with van der Waals surface area (Å²) in [5.41, 5.74) is 6.80. The highest BCUT2D eigenvalue weighted by molar-refractivity contribution is 5.72. The Morgan fingerprint density at radius 3 is 2.33 bits per heavy atom. The van der Waals surface area contributed by atoms with Crippen LogP contribution in [0.4, 0.5) is 18.9 Å². The zero-order chi connectivity index (χ0) is 15.6. The molecular formula is C15H18F3N3. The highest BCUT2D eigenvalue weighted by atomic mass is 19.4. The van der Waals surface area contributed by atoms with Gasteiger partial charge in [0.2, 0.25) is 0 Å². The second kappa shape index (κ2) is 5.79. The van der Waals surface area contributed by atoms with E-state index >= 15 is 0 Å². The fourth-order valence-electron chi connectivity index (χ4n) is 1.98. The summed E-state index contributed by atoms with van der Waals surface area (Å²) < 4.78 is 39.3. The molecule has 21 heavy (non-hydrogen) atoms. The summed E-state index contributed by atoms with van der Waals surface area (Å²) in [5, 5.41) is 4.35. The number of nitrogens with zero attached hydrogens (tertiary/aromatic N) is 2. The van der Waals surface area contributed by atoms with Crippen molar-refractivity contribution >= 4 is 5.69 Å². The van der Waals surface area contributed by atoms with Gasteiger partial charge < -0.3 is 5.73 Å². The van der Waals surface area contributed by atoms with Crippen LogP contribution in [0, 0.1) is 5.92 Å². The van der Waals surface area contributed by atoms with E-state index in [4.69, 9.17) is 5.73 Å². The maximum Gasteiger partial charge on any atom is 0.416 e. The van der Waals surface area contributed by atoms with Gasteiger partial charge in [0.15, 0.2) is 0 Å². The van der Waals surface area contributed by atoms with E-state index in [0.717, 1.165) is 25.1 Å². The third-order valence-corrected chi connectivity index (χ3v) is 3.21. The van der Waals surface area contributed by atoms with Gasteiger partial charge >= 0.3 is 6.18 Å². The van der Waals surface area contributed by atoms with Gasteiger partial charge in [-0.3, -0.25) is 4.68 Å². The molecule has 2 rings (SSSR count). The summed E-state index contributed by atoms with van der Waals surface area (Å²) in [4.78, 5) is 0. The van der Waals surface area contributed by atoms with E-state index in [2.05, 4.69) is 18.9 Å². The molecule has 2 aromatic rings. The maximum absolute atomic E-state index is 12.5. The van der Waals surface area contributed by atoms with Crippen LogP contribution in [0.5, 0.6) is 0 Å². The van der Waals surface area contributed by atoms with Crippen molar-refractivity contribution in [1.29, 1.82) is 0 Å². The molecule has 114 valence electrons. The van der Waals surface area contributed by atoms with Crippen molar-refractivity contribution in [2.24, 2.45) is 5.92 Å². The number of nitrogen functional groups attached to an aromatic ring is 1. The first-order chi connectivity index (χ1) is 9.77. The average Bonchev–Trinajstić information content (AvgIpc) is 2.77. The molecule has 0 atom stereocenters. The molecule has 1 heterocycles. The molecule has 0 radical (unpaired) electrons. The van der Waals surface area contributed by atoms with Crippen molar-refractivity contribution in [3.05, 3.63) is 36.0 Å². The van der Waals surface area contributed by atoms with Crippen molar-refractivity contribution in [3.8, 4) is 11.3 Å². The number of nitrogens with two attached hydrogens (primary N) is 1. The van der Waals surface area contributed by atoms with E-state index in [1.807, 2.05) is 0 Å². The van der Waals surface area contributed by atoms with Gasteiger partial charge in [-0.1, -0.05) is 26.0 Å². The Kier molecular flexibility index (Phi) is 4.25. The first-order valence-corrected chi connectivity index (χ1v) is 6.78. The van der Waals surface area contributed by atoms with Gasteiger partial charge in [-0.25, -0.2) is 0 Å². The lowest BCUT2D eigenvalue weighted by Gasteiger charge is -2.07. The summed E-state index contributed by atoms with van der Waals surface area (Å²) in [6.07, 6.45) is -1.65. The molecule has 3 nitrogen and oxygen atoms in total. The summed E-state index contributed by atoms with van der Waals surface area (Å²) in [6, 6.07) is 4.88. The van der Waals surface area contributed by atoms with Gasteiger partial charge in [0, 0.05) is 18.3 Å². The molecule has 0 amide bonds. The molecule has 1 aromatic heterocycles. The first kappa shape index (κ1) is 15.4. The molecule has 6 heteroatoms. The number of aryl methyl sites for hydroxylation is 1. The van der Waals surface area contributed by atoms with Crippen LogP contribution in [0.15, 0.2) is 30.5 Å². The molecule has 0 spiro atoms. The van der Waals surface area contributed by atoms with Crippen LogP contribution in [0.3, 0.4) is 0 Å². The van der Waals surface area contributed by atoms with Gasteiger partial charge in [0.25, 0.3) is 0 Å². The molecule has 1 aromatic carbocycles. The summed E-state index contributed by atoms with van der Waals surface area (Å²) in [7, 11) is 0. The van der Waals surface area contributed by atoms with Crippen LogP contribution >= 0.6 is 0 Å². The van der Waals surface area contributed by atoms with Crippen molar-refractivity contribution in [2.45, 2.75) is 33.0 Å². The number of hydrogen-bond acceptors (Lipinski definition) is 2. The molecule has 0 unspecified atom stereocenters. The molecule has 0 aliphatic carbocycles. The van der Waals surface area contributed by atoms with Crippen LogP contribution < -0.4 is 5.73 Å². The van der Waals surface area contributed by atoms with Gasteiger partial charge in [-0.05, 0) is 24.5 Å². The van der Waals surface area contributed by atoms with Crippen molar-refractivity contribution in [1.82, 2.24) is 9.78 Å². The normalized spacial score (nSPS) is 12.1. The predicted molar refractivity (Wildman–Crippen MR) is 76.5 cm³/mol. The van der Waals surface area contributed by atoms with Gasteiger partial charge in [0.1, 0.15) is 5.69 Å². The Balaban J connectivity index is 2.22. The maximum atomic E-state index is 12.5. The number of benzene rings is 1. The van der Waals surface area contributed by atoms with Crippen LogP contribution in [0.2, 0.25) is 0 Å². The van der Waals surface area contributed by atoms with Crippen LogP contribution in [0.1, 0.15) is 25.8 Å². The Morgan fingerprint density at radius 2 is 1.81 bits per heavy atom. The Hall–Kier alpha value is -1.98. The number of rotatable bonds is 4. The SMILES string of the molecule is CC(C)CCn1cc(N)c(-c2ccc(C(F)(F)F)cc2)n1. The largest absolute Gasteiger partial charge is 0.416 e. The molecule has 0 saturated carbocycles. The summed E-state index contributed by atoms with van der Waals surface area (Å²) in [5.74, 6) is 0.546. The third kappa shape index (κ3) is 3.77. The van der Waals surface area contributed by atoms with Gasteiger partial charge in [-0.15, -0.1) is 0 Å². The molecule has 2 N–H and O–H groups in total. The number of hydrogen-bond donors (Lipinski definition) is 1. The highest BCUT2D eigenvalue weighted by Crippen LogP contribution is 2.31. The zero-order valence-corrected chi connectivity index (χ0v) is 12.0. The Labute approximate surface area is 121 Å². The smallest absolute Gasteiger partial charge is 0.396 e. The Bertz CT molecular complexity index is 598. The lowest BCUT2D eigenvalue weighted by molar-refractivity contribution is -0.137. The van der Waals surface area contributed by atoms with Crippen LogP contribution in [-0.2, 0) is 12.7 Å². The number of halogens is 3. The lowest BCUT2D eigenvalue weighted by atomic mass is 10.1. The number of aromatic nitrogens is 2. The fourth-order valence-corrected chi connectivity index (χ4v) is 1.98.